The summed E-state index contributed by atoms with van der Waals surface area (Å²) in [7, 11) is -1.57. The fourth-order valence-electron chi connectivity index (χ4n) is 1.57. The summed E-state index contributed by atoms with van der Waals surface area (Å²) in [4.78, 5) is 14.4. The zero-order chi connectivity index (χ0) is 12.2. The zero-order valence-electron chi connectivity index (χ0n) is 10.0. The van der Waals surface area contributed by atoms with E-state index in [4.69, 9.17) is 5.11 Å². The number of hydrogen-bond donors (Lipinski definition) is 2. The van der Waals surface area contributed by atoms with Gasteiger partial charge in [0.2, 0.25) is 0 Å². The molecular weight excluding hydrogens is 218 g/mol. The van der Waals surface area contributed by atoms with Crippen LogP contribution in [0.15, 0.2) is 30.3 Å². The molecule has 0 aromatic heterocycles. The number of carbonyl (C=O) groups is 1. The van der Waals surface area contributed by atoms with Gasteiger partial charge in [0.05, 0.1) is 0 Å². The third kappa shape index (κ3) is 4.59. The minimum atomic E-state index is -1.57. The Kier molecular flexibility index (Phi) is 4.26. The Balaban J connectivity index is 2.70. The van der Waals surface area contributed by atoms with Crippen molar-refractivity contribution < 1.29 is 9.90 Å². The van der Waals surface area contributed by atoms with Crippen LogP contribution < -0.4 is 4.98 Å². The normalized spacial score (nSPS) is 13.4. The summed E-state index contributed by atoms with van der Waals surface area (Å²) >= 11 is 0. The van der Waals surface area contributed by atoms with Gasteiger partial charge in [0.15, 0.2) is 0 Å². The highest BCUT2D eigenvalue weighted by molar-refractivity contribution is 6.73. The topological polar surface area (TPSA) is 49.3 Å². The molecule has 0 spiro atoms. The summed E-state index contributed by atoms with van der Waals surface area (Å²) in [5, 5.41) is 9.16. The number of aliphatic carboxylic acids is 1. The molecule has 0 heterocycles. The van der Waals surface area contributed by atoms with Crippen molar-refractivity contribution in [3.8, 4) is 0 Å². The third-order valence-electron chi connectivity index (χ3n) is 2.19. The highest BCUT2D eigenvalue weighted by atomic mass is 28.3. The maximum Gasteiger partial charge on any atom is 0.320 e. The Morgan fingerprint density at radius 1 is 1.31 bits per heavy atom. The van der Waals surface area contributed by atoms with Crippen molar-refractivity contribution in [1.29, 1.82) is 0 Å². The van der Waals surface area contributed by atoms with Gasteiger partial charge in [-0.15, -0.1) is 0 Å². The second-order valence-electron chi connectivity index (χ2n) is 4.97. The van der Waals surface area contributed by atoms with Crippen LogP contribution in [0.4, 0.5) is 0 Å². The van der Waals surface area contributed by atoms with Gasteiger partial charge >= 0.3 is 5.97 Å². The van der Waals surface area contributed by atoms with Crippen LogP contribution in [0.25, 0.3) is 0 Å². The fourth-order valence-corrected chi connectivity index (χ4v) is 2.84. The van der Waals surface area contributed by atoms with Crippen molar-refractivity contribution in [2.75, 3.05) is 0 Å². The fraction of sp³-hybridized carbons (Fsp3) is 0.417. The molecule has 2 N–H and O–H groups in total. The van der Waals surface area contributed by atoms with E-state index in [0.29, 0.717) is 6.42 Å². The molecule has 3 nitrogen and oxygen atoms in total. The first-order chi connectivity index (χ1) is 7.38. The van der Waals surface area contributed by atoms with E-state index in [1.165, 1.54) is 0 Å². The Bertz CT molecular complexity index is 346. The average Bonchev–Trinajstić information content (AvgIpc) is 2.16. The van der Waals surface area contributed by atoms with E-state index in [2.05, 4.69) is 24.6 Å². The molecule has 0 saturated heterocycles. The minimum Gasteiger partial charge on any atom is -0.480 e. The summed E-state index contributed by atoms with van der Waals surface area (Å²) in [6, 6.07) is 9.24. The van der Waals surface area contributed by atoms with Gasteiger partial charge in [-0.2, -0.15) is 0 Å². The predicted molar refractivity (Wildman–Crippen MR) is 68.1 cm³/mol. The SMILES string of the molecule is C[Si](C)(C)N[C@H](Cc1ccccc1)C(=O)O. The van der Waals surface area contributed by atoms with Gasteiger partial charge < -0.3 is 10.1 Å². The summed E-state index contributed by atoms with van der Waals surface area (Å²) in [6.45, 7) is 6.32. The molecule has 0 aliphatic carbocycles. The summed E-state index contributed by atoms with van der Waals surface area (Å²) in [5.74, 6) is -0.772. The molecule has 0 fully saturated rings. The third-order valence-corrected chi connectivity index (χ3v) is 3.40. The quantitative estimate of drug-likeness (QED) is 0.771. The lowest BCUT2D eigenvalue weighted by atomic mass is 10.1. The number of carboxylic acids is 1. The Hall–Kier alpha value is -1.13. The highest BCUT2D eigenvalue weighted by Gasteiger charge is 2.24. The van der Waals surface area contributed by atoms with Crippen molar-refractivity contribution in [1.82, 2.24) is 4.98 Å². The molecule has 0 amide bonds. The standard InChI is InChI=1S/C12H19NO2Si/c1-16(2,3)13-11(12(14)15)9-10-7-5-4-6-8-10/h4-8,11,13H,9H2,1-3H3,(H,14,15)/t11-/m1/s1. The Labute approximate surface area is 97.6 Å². The van der Waals surface area contributed by atoms with E-state index < -0.39 is 20.2 Å². The molecular formula is C12H19NO2Si. The molecule has 1 aromatic rings. The van der Waals surface area contributed by atoms with Crippen LogP contribution in [-0.4, -0.2) is 25.4 Å². The van der Waals surface area contributed by atoms with Gasteiger partial charge in [-0.3, -0.25) is 4.79 Å². The number of nitrogens with one attached hydrogen (secondary N) is 1. The van der Waals surface area contributed by atoms with E-state index >= 15 is 0 Å². The first-order valence-corrected chi connectivity index (χ1v) is 8.93. The number of carboxylic acid groups (broad SMARTS) is 1. The molecule has 0 saturated carbocycles. The molecule has 0 unspecified atom stereocenters. The smallest absolute Gasteiger partial charge is 0.320 e. The maximum absolute atomic E-state index is 11.1. The van der Waals surface area contributed by atoms with Crippen molar-refractivity contribution in [2.24, 2.45) is 0 Å². The van der Waals surface area contributed by atoms with Crippen LogP contribution in [-0.2, 0) is 11.2 Å². The maximum atomic E-state index is 11.1. The molecule has 4 heteroatoms. The molecule has 1 rings (SSSR count). The minimum absolute atomic E-state index is 0.478. The lowest BCUT2D eigenvalue weighted by Crippen LogP contribution is -2.52. The lowest BCUT2D eigenvalue weighted by molar-refractivity contribution is -0.139. The van der Waals surface area contributed by atoms with Gasteiger partial charge in [0.1, 0.15) is 14.3 Å². The Morgan fingerprint density at radius 3 is 2.31 bits per heavy atom. The van der Waals surface area contributed by atoms with Gasteiger partial charge in [0.25, 0.3) is 0 Å². The molecule has 0 aliphatic rings. The van der Waals surface area contributed by atoms with Gasteiger partial charge in [0, 0.05) is 0 Å². The number of rotatable bonds is 5. The van der Waals surface area contributed by atoms with Crippen LogP contribution in [0.3, 0.4) is 0 Å². The Morgan fingerprint density at radius 2 is 1.88 bits per heavy atom. The van der Waals surface area contributed by atoms with Crippen molar-refractivity contribution in [2.45, 2.75) is 32.1 Å². The van der Waals surface area contributed by atoms with E-state index in [1.54, 1.807) is 0 Å². The monoisotopic (exact) mass is 237 g/mol. The summed E-state index contributed by atoms with van der Waals surface area (Å²) in [6.07, 6.45) is 0.542. The predicted octanol–water partition coefficient (Wildman–Crippen LogP) is 2.11. The van der Waals surface area contributed by atoms with Crippen LogP contribution >= 0.6 is 0 Å². The highest BCUT2D eigenvalue weighted by Crippen LogP contribution is 2.06. The van der Waals surface area contributed by atoms with E-state index in [9.17, 15) is 4.79 Å². The molecule has 88 valence electrons. The van der Waals surface area contributed by atoms with E-state index in [1.807, 2.05) is 30.3 Å². The van der Waals surface area contributed by atoms with Gasteiger partial charge in [-0.25, -0.2) is 0 Å². The molecule has 0 aliphatic heterocycles. The second-order valence-corrected chi connectivity index (χ2v) is 9.76. The first-order valence-electron chi connectivity index (χ1n) is 5.43. The van der Waals surface area contributed by atoms with Crippen LogP contribution in [0.1, 0.15) is 5.56 Å². The molecule has 0 bridgehead atoms. The molecule has 1 aromatic carbocycles. The first kappa shape index (κ1) is 12.9. The van der Waals surface area contributed by atoms with Gasteiger partial charge in [-0.05, 0) is 12.0 Å². The molecule has 16 heavy (non-hydrogen) atoms. The van der Waals surface area contributed by atoms with Crippen LogP contribution in [0.2, 0.25) is 19.6 Å². The second kappa shape index (κ2) is 5.27. The number of benzene rings is 1. The average molecular weight is 237 g/mol. The lowest BCUT2D eigenvalue weighted by Gasteiger charge is -2.24. The summed E-state index contributed by atoms with van der Waals surface area (Å²) in [5.41, 5.74) is 1.06. The number of hydrogen-bond acceptors (Lipinski definition) is 2. The molecule has 1 atom stereocenters. The van der Waals surface area contributed by atoms with Crippen molar-refractivity contribution >= 4 is 14.2 Å². The van der Waals surface area contributed by atoms with E-state index in [0.717, 1.165) is 5.56 Å². The largest absolute Gasteiger partial charge is 0.480 e. The molecule has 0 radical (unpaired) electrons. The van der Waals surface area contributed by atoms with Crippen molar-refractivity contribution in [3.63, 3.8) is 0 Å². The van der Waals surface area contributed by atoms with Gasteiger partial charge in [-0.1, -0.05) is 50.0 Å². The van der Waals surface area contributed by atoms with Crippen molar-refractivity contribution in [3.05, 3.63) is 35.9 Å². The van der Waals surface area contributed by atoms with E-state index in [-0.39, 0.29) is 0 Å². The van der Waals surface area contributed by atoms with Crippen LogP contribution in [0, 0.1) is 0 Å². The van der Waals surface area contributed by atoms with Crippen LogP contribution in [0.5, 0.6) is 0 Å². The summed E-state index contributed by atoms with van der Waals surface area (Å²) < 4.78 is 0. The zero-order valence-corrected chi connectivity index (χ0v) is 11.0.